The number of hydrogen-bond acceptors (Lipinski definition) is 3. The molecule has 0 saturated carbocycles. The Kier molecular flexibility index (Phi) is 3.36. The van der Waals surface area contributed by atoms with Crippen LogP contribution < -0.4 is 0 Å². The second kappa shape index (κ2) is 3.93. The van der Waals surface area contributed by atoms with Crippen molar-refractivity contribution < 1.29 is 4.92 Å². The van der Waals surface area contributed by atoms with Crippen molar-refractivity contribution in [2.24, 2.45) is 0 Å². The van der Waals surface area contributed by atoms with Gasteiger partial charge in [-0.05, 0) is 44.6 Å². The molecule has 0 radical (unpaired) electrons. The quantitative estimate of drug-likeness (QED) is 0.362. The molecule has 0 saturated heterocycles. The molecule has 0 spiro atoms. The van der Waals surface area contributed by atoms with Crippen molar-refractivity contribution in [2.45, 2.75) is 4.90 Å². The van der Waals surface area contributed by atoms with E-state index >= 15 is 0 Å². The molecule has 0 heterocycles. The molecule has 0 fully saturated rings. The highest BCUT2D eigenvalue weighted by atomic mass is 127. The standard InChI is InChI=1S/C6H3BrINO2S/c7-3-1-4(8)6(12)2-5(3)9(10)11/h1-2,12H. The predicted molar refractivity (Wildman–Crippen MR) is 60.8 cm³/mol. The summed E-state index contributed by atoms with van der Waals surface area (Å²) < 4.78 is 1.36. The van der Waals surface area contributed by atoms with Crippen LogP contribution in [0.3, 0.4) is 0 Å². The van der Waals surface area contributed by atoms with Gasteiger partial charge in [0.25, 0.3) is 5.69 Å². The average molecular weight is 360 g/mol. The molecule has 12 heavy (non-hydrogen) atoms. The normalized spacial score (nSPS) is 9.92. The molecule has 0 aromatic heterocycles. The molecule has 3 nitrogen and oxygen atoms in total. The largest absolute Gasteiger partial charge is 0.284 e. The SMILES string of the molecule is O=[N+]([O-])c1cc(S)c(I)cc1Br. The van der Waals surface area contributed by atoms with Crippen LogP contribution in [0.2, 0.25) is 0 Å². The maximum Gasteiger partial charge on any atom is 0.284 e. The van der Waals surface area contributed by atoms with Crippen LogP contribution in [-0.4, -0.2) is 4.92 Å². The number of rotatable bonds is 1. The summed E-state index contributed by atoms with van der Waals surface area (Å²) >= 11 is 9.24. The first kappa shape index (κ1) is 10.3. The highest BCUT2D eigenvalue weighted by molar-refractivity contribution is 14.1. The van der Waals surface area contributed by atoms with Crippen LogP contribution in [0.4, 0.5) is 5.69 Å². The van der Waals surface area contributed by atoms with Crippen molar-refractivity contribution in [1.29, 1.82) is 0 Å². The molecular weight excluding hydrogens is 357 g/mol. The van der Waals surface area contributed by atoms with Gasteiger partial charge in [0, 0.05) is 14.5 Å². The minimum absolute atomic E-state index is 0.0421. The molecular formula is C6H3BrINO2S. The van der Waals surface area contributed by atoms with E-state index in [1.807, 2.05) is 0 Å². The predicted octanol–water partition coefficient (Wildman–Crippen LogP) is 3.25. The Morgan fingerprint density at radius 1 is 1.58 bits per heavy atom. The molecule has 0 aliphatic heterocycles. The second-order valence-electron chi connectivity index (χ2n) is 2.01. The lowest BCUT2D eigenvalue weighted by molar-refractivity contribution is -0.385. The zero-order valence-corrected chi connectivity index (χ0v) is 10.3. The fourth-order valence-corrected chi connectivity index (χ4v) is 2.24. The molecule has 0 N–H and O–H groups in total. The molecule has 0 aliphatic carbocycles. The van der Waals surface area contributed by atoms with Gasteiger partial charge in [-0.25, -0.2) is 0 Å². The van der Waals surface area contributed by atoms with Crippen molar-refractivity contribution in [3.05, 3.63) is 30.3 Å². The Balaban J connectivity index is 3.33. The van der Waals surface area contributed by atoms with Crippen LogP contribution in [0.5, 0.6) is 0 Å². The molecule has 1 aromatic carbocycles. The second-order valence-corrected chi connectivity index (χ2v) is 4.51. The summed E-state index contributed by atoms with van der Waals surface area (Å²) in [4.78, 5) is 10.6. The van der Waals surface area contributed by atoms with Gasteiger partial charge in [-0.15, -0.1) is 12.6 Å². The van der Waals surface area contributed by atoms with Crippen molar-refractivity contribution in [3.8, 4) is 0 Å². The number of thiol groups is 1. The monoisotopic (exact) mass is 359 g/mol. The van der Waals surface area contributed by atoms with E-state index in [9.17, 15) is 10.1 Å². The Morgan fingerprint density at radius 2 is 2.17 bits per heavy atom. The van der Waals surface area contributed by atoms with Gasteiger partial charge in [0.1, 0.15) is 0 Å². The molecule has 1 aromatic rings. The van der Waals surface area contributed by atoms with Crippen molar-refractivity contribution in [2.75, 3.05) is 0 Å². The molecule has 0 aliphatic rings. The van der Waals surface area contributed by atoms with Crippen LogP contribution in [0, 0.1) is 13.7 Å². The average Bonchev–Trinajstić information content (AvgIpc) is 1.96. The number of nitro benzene ring substituents is 1. The molecule has 64 valence electrons. The first-order valence-corrected chi connectivity index (χ1v) is 5.16. The lowest BCUT2D eigenvalue weighted by atomic mass is 10.3. The Labute approximate surface area is 96.4 Å². The lowest BCUT2D eigenvalue weighted by Crippen LogP contribution is -1.90. The maximum atomic E-state index is 10.4. The van der Waals surface area contributed by atoms with Gasteiger partial charge in [-0.3, -0.25) is 10.1 Å². The molecule has 0 bridgehead atoms. The number of hydrogen-bond donors (Lipinski definition) is 1. The third-order valence-corrected chi connectivity index (χ3v) is 3.54. The summed E-state index contributed by atoms with van der Waals surface area (Å²) in [5.41, 5.74) is 0.0421. The van der Waals surface area contributed by atoms with E-state index < -0.39 is 4.92 Å². The van der Waals surface area contributed by atoms with Crippen LogP contribution in [-0.2, 0) is 0 Å². The Morgan fingerprint density at radius 3 is 2.67 bits per heavy atom. The summed E-state index contributed by atoms with van der Waals surface area (Å²) in [5, 5.41) is 10.4. The first-order chi connectivity index (χ1) is 5.52. The van der Waals surface area contributed by atoms with E-state index in [4.69, 9.17) is 0 Å². The molecule has 0 unspecified atom stereocenters. The number of halogens is 2. The Bertz CT molecular complexity index is 345. The van der Waals surface area contributed by atoms with E-state index in [2.05, 4.69) is 51.1 Å². The summed E-state index contributed by atoms with van der Waals surface area (Å²) in [7, 11) is 0. The van der Waals surface area contributed by atoms with E-state index in [1.54, 1.807) is 6.07 Å². The number of benzene rings is 1. The fourth-order valence-electron chi connectivity index (χ4n) is 0.666. The maximum absolute atomic E-state index is 10.4. The van der Waals surface area contributed by atoms with Crippen LogP contribution >= 0.6 is 51.1 Å². The third kappa shape index (κ3) is 2.11. The van der Waals surface area contributed by atoms with Gasteiger partial charge in [0.15, 0.2) is 0 Å². The smallest absolute Gasteiger partial charge is 0.258 e. The van der Waals surface area contributed by atoms with Gasteiger partial charge in [-0.2, -0.15) is 0 Å². The third-order valence-electron chi connectivity index (χ3n) is 1.21. The van der Waals surface area contributed by atoms with E-state index in [1.165, 1.54) is 6.07 Å². The van der Waals surface area contributed by atoms with Crippen LogP contribution in [0.25, 0.3) is 0 Å². The zero-order chi connectivity index (χ0) is 9.30. The zero-order valence-electron chi connectivity index (χ0n) is 5.62. The van der Waals surface area contributed by atoms with E-state index in [0.29, 0.717) is 9.37 Å². The van der Waals surface area contributed by atoms with Gasteiger partial charge in [-0.1, -0.05) is 0 Å². The summed E-state index contributed by atoms with van der Waals surface area (Å²) in [6, 6.07) is 3.09. The summed E-state index contributed by atoms with van der Waals surface area (Å²) in [5.74, 6) is 0. The topological polar surface area (TPSA) is 43.1 Å². The van der Waals surface area contributed by atoms with Gasteiger partial charge in [0.05, 0.1) is 9.40 Å². The lowest BCUT2D eigenvalue weighted by Gasteiger charge is -1.98. The number of nitrogens with zero attached hydrogens (tertiary/aromatic N) is 1. The minimum atomic E-state index is -0.445. The molecule has 0 amide bonds. The highest BCUT2D eigenvalue weighted by Crippen LogP contribution is 2.30. The molecule has 6 heteroatoms. The van der Waals surface area contributed by atoms with Crippen molar-refractivity contribution >= 4 is 56.8 Å². The first-order valence-electron chi connectivity index (χ1n) is 2.85. The van der Waals surface area contributed by atoms with Gasteiger partial charge in [0.2, 0.25) is 0 Å². The summed E-state index contributed by atoms with van der Waals surface area (Å²) in [6.45, 7) is 0. The van der Waals surface area contributed by atoms with Crippen molar-refractivity contribution in [3.63, 3.8) is 0 Å². The summed E-state index contributed by atoms with van der Waals surface area (Å²) in [6.07, 6.45) is 0. The highest BCUT2D eigenvalue weighted by Gasteiger charge is 2.13. The Hall–Kier alpha value is 0.180. The minimum Gasteiger partial charge on any atom is -0.258 e. The van der Waals surface area contributed by atoms with E-state index in [-0.39, 0.29) is 5.69 Å². The van der Waals surface area contributed by atoms with Crippen LogP contribution in [0.15, 0.2) is 21.5 Å². The molecule has 1 rings (SSSR count). The van der Waals surface area contributed by atoms with Gasteiger partial charge >= 0.3 is 0 Å². The number of nitro groups is 1. The van der Waals surface area contributed by atoms with E-state index in [0.717, 1.165) is 3.57 Å². The van der Waals surface area contributed by atoms with Crippen molar-refractivity contribution in [1.82, 2.24) is 0 Å². The fraction of sp³-hybridized carbons (Fsp3) is 0. The van der Waals surface area contributed by atoms with Crippen LogP contribution in [0.1, 0.15) is 0 Å². The molecule has 0 atom stereocenters. The van der Waals surface area contributed by atoms with Gasteiger partial charge < -0.3 is 0 Å².